The maximum atomic E-state index is 12.7. The zero-order chi connectivity index (χ0) is 18.0. The zero-order valence-electron chi connectivity index (χ0n) is 14.8. The minimum Gasteiger partial charge on any atom is -0.263 e. The Kier molecular flexibility index (Phi) is 5.16. The molecule has 0 saturated carbocycles. The van der Waals surface area contributed by atoms with Gasteiger partial charge in [-0.25, -0.2) is 0 Å². The predicted octanol–water partition coefficient (Wildman–Crippen LogP) is 1.69. The molecule has 0 amide bonds. The van der Waals surface area contributed by atoms with Crippen LogP contribution in [0.1, 0.15) is 37.9 Å². The van der Waals surface area contributed by atoms with Crippen LogP contribution in [-0.4, -0.2) is 57.4 Å². The first-order chi connectivity index (χ1) is 12.0. The van der Waals surface area contributed by atoms with Gasteiger partial charge in [0.1, 0.15) is 5.69 Å². The zero-order valence-corrected chi connectivity index (χ0v) is 15.6. The van der Waals surface area contributed by atoms with E-state index in [-0.39, 0.29) is 6.04 Å². The molecule has 2 aromatic heterocycles. The molecule has 9 heteroatoms. The minimum absolute atomic E-state index is 0.305. The van der Waals surface area contributed by atoms with E-state index >= 15 is 0 Å². The van der Waals surface area contributed by atoms with Crippen molar-refractivity contribution in [1.29, 1.82) is 0 Å². The van der Waals surface area contributed by atoms with Crippen LogP contribution in [0.25, 0.3) is 11.4 Å². The molecule has 1 saturated heterocycles. The van der Waals surface area contributed by atoms with E-state index < -0.39 is 10.2 Å². The van der Waals surface area contributed by atoms with Gasteiger partial charge in [0.2, 0.25) is 0 Å². The summed E-state index contributed by atoms with van der Waals surface area (Å²) in [6.45, 7) is 3.36. The van der Waals surface area contributed by atoms with Crippen molar-refractivity contribution in [2.24, 2.45) is 0 Å². The highest BCUT2D eigenvalue weighted by Crippen LogP contribution is 2.37. The van der Waals surface area contributed by atoms with Crippen molar-refractivity contribution in [2.45, 2.75) is 38.8 Å². The van der Waals surface area contributed by atoms with Crippen LogP contribution in [0.3, 0.4) is 0 Å². The third-order valence-corrected chi connectivity index (χ3v) is 6.35. The molecule has 0 bridgehead atoms. The minimum atomic E-state index is -3.50. The van der Waals surface area contributed by atoms with Gasteiger partial charge in [-0.2, -0.15) is 22.1 Å². The smallest absolute Gasteiger partial charge is 0.263 e. The molecular weight excluding hydrogens is 340 g/mol. The average molecular weight is 364 g/mol. The second-order valence-electron chi connectivity index (χ2n) is 6.29. The summed E-state index contributed by atoms with van der Waals surface area (Å²) >= 11 is 0. The van der Waals surface area contributed by atoms with E-state index in [0.29, 0.717) is 17.9 Å². The summed E-state index contributed by atoms with van der Waals surface area (Å²) in [5, 5.41) is 4.35. The van der Waals surface area contributed by atoms with Crippen LogP contribution >= 0.6 is 0 Å². The van der Waals surface area contributed by atoms with Gasteiger partial charge in [-0.15, -0.1) is 0 Å². The second-order valence-corrected chi connectivity index (χ2v) is 8.38. The number of hydrogen-bond acceptors (Lipinski definition) is 5. The predicted molar refractivity (Wildman–Crippen MR) is 94.8 cm³/mol. The fourth-order valence-corrected chi connectivity index (χ4v) is 4.52. The molecule has 0 spiro atoms. The van der Waals surface area contributed by atoms with Gasteiger partial charge in [0.25, 0.3) is 10.2 Å². The summed E-state index contributed by atoms with van der Waals surface area (Å²) in [5.41, 5.74) is 2.28. The lowest BCUT2D eigenvalue weighted by molar-refractivity contribution is 0.358. The van der Waals surface area contributed by atoms with E-state index in [1.165, 1.54) is 8.61 Å². The van der Waals surface area contributed by atoms with Gasteiger partial charge < -0.3 is 0 Å². The highest BCUT2D eigenvalue weighted by atomic mass is 32.2. The van der Waals surface area contributed by atoms with Gasteiger partial charge in [-0.05, 0) is 25.3 Å². The van der Waals surface area contributed by atoms with E-state index in [1.807, 2.05) is 10.7 Å². The monoisotopic (exact) mass is 364 g/mol. The average Bonchev–Trinajstić information content (AvgIpc) is 3.24. The van der Waals surface area contributed by atoms with Crippen LogP contribution in [0, 0.1) is 0 Å². The van der Waals surface area contributed by atoms with Crippen molar-refractivity contribution in [3.05, 3.63) is 30.4 Å². The van der Waals surface area contributed by atoms with Crippen LogP contribution in [0.5, 0.6) is 0 Å². The fourth-order valence-electron chi connectivity index (χ4n) is 3.21. The molecule has 0 aromatic carbocycles. The maximum Gasteiger partial charge on any atom is 0.282 e. The van der Waals surface area contributed by atoms with E-state index in [9.17, 15) is 8.42 Å². The Balaban J connectivity index is 2.05. The highest BCUT2D eigenvalue weighted by molar-refractivity contribution is 7.86. The number of hydrogen-bond donors (Lipinski definition) is 0. The van der Waals surface area contributed by atoms with Crippen molar-refractivity contribution >= 4 is 10.2 Å². The Morgan fingerprint density at radius 3 is 2.72 bits per heavy atom. The molecule has 1 atom stereocenters. The topological polar surface area (TPSA) is 84.2 Å². The van der Waals surface area contributed by atoms with Crippen molar-refractivity contribution in [3.63, 3.8) is 0 Å². The van der Waals surface area contributed by atoms with Gasteiger partial charge in [0.15, 0.2) is 0 Å². The highest BCUT2D eigenvalue weighted by Gasteiger charge is 2.38. The molecule has 3 heterocycles. The van der Waals surface area contributed by atoms with Crippen LogP contribution in [0.4, 0.5) is 0 Å². The molecule has 8 nitrogen and oxygen atoms in total. The summed E-state index contributed by atoms with van der Waals surface area (Å²) in [7, 11) is -0.395. The molecule has 3 rings (SSSR count). The maximum absolute atomic E-state index is 12.7. The molecular formula is C16H24N6O2S. The van der Waals surface area contributed by atoms with Gasteiger partial charge >= 0.3 is 0 Å². The Hall–Kier alpha value is -1.84. The molecule has 1 fully saturated rings. The SMILES string of the molecule is CCCn1nccc1-c1nccnc1C1CCCN1S(=O)(=O)N(C)C. The van der Waals surface area contributed by atoms with E-state index in [0.717, 1.165) is 31.5 Å². The van der Waals surface area contributed by atoms with Crippen LogP contribution in [0.2, 0.25) is 0 Å². The lowest BCUT2D eigenvalue weighted by Crippen LogP contribution is -2.39. The summed E-state index contributed by atoms with van der Waals surface area (Å²) in [6.07, 6.45) is 7.50. The molecule has 0 radical (unpaired) electrons. The quantitative estimate of drug-likeness (QED) is 0.779. The molecule has 0 N–H and O–H groups in total. The summed E-state index contributed by atoms with van der Waals surface area (Å²) in [4.78, 5) is 9.02. The largest absolute Gasteiger partial charge is 0.282 e. The van der Waals surface area contributed by atoms with E-state index in [4.69, 9.17) is 0 Å². The lowest BCUT2D eigenvalue weighted by atomic mass is 10.1. The third-order valence-electron chi connectivity index (χ3n) is 4.40. The molecule has 1 aliphatic heterocycles. The number of aromatic nitrogens is 4. The van der Waals surface area contributed by atoms with Crippen molar-refractivity contribution in [2.75, 3.05) is 20.6 Å². The van der Waals surface area contributed by atoms with E-state index in [2.05, 4.69) is 22.0 Å². The Morgan fingerprint density at radius 2 is 2.00 bits per heavy atom. The van der Waals surface area contributed by atoms with E-state index in [1.54, 1.807) is 32.7 Å². The molecule has 136 valence electrons. The molecule has 2 aromatic rings. The van der Waals surface area contributed by atoms with Crippen molar-refractivity contribution in [3.8, 4) is 11.4 Å². The standard InChI is InChI=1S/C16H24N6O2S/c1-4-11-21-13(7-8-19-21)15-16(18-10-9-17-15)14-6-5-12-22(14)25(23,24)20(2)3/h7-10,14H,4-6,11-12H2,1-3H3. The summed E-state index contributed by atoms with van der Waals surface area (Å²) < 4.78 is 30.0. The Labute approximate surface area is 148 Å². The normalized spacial score (nSPS) is 19.0. The van der Waals surface area contributed by atoms with Crippen molar-refractivity contribution < 1.29 is 8.42 Å². The van der Waals surface area contributed by atoms with Gasteiger partial charge in [-0.3, -0.25) is 14.6 Å². The van der Waals surface area contributed by atoms with Crippen LogP contribution < -0.4 is 0 Å². The summed E-state index contributed by atoms with van der Waals surface area (Å²) in [5.74, 6) is 0. The molecule has 25 heavy (non-hydrogen) atoms. The van der Waals surface area contributed by atoms with Gasteiger partial charge in [0, 0.05) is 45.8 Å². The van der Waals surface area contributed by atoms with Crippen LogP contribution in [0.15, 0.2) is 24.7 Å². The number of aryl methyl sites for hydroxylation is 1. The number of nitrogens with zero attached hydrogens (tertiary/aromatic N) is 6. The first-order valence-corrected chi connectivity index (χ1v) is 9.89. The number of rotatable bonds is 6. The Morgan fingerprint density at radius 1 is 1.24 bits per heavy atom. The van der Waals surface area contributed by atoms with Gasteiger partial charge in [0.05, 0.1) is 17.4 Å². The third kappa shape index (κ3) is 3.31. The molecule has 0 aliphatic carbocycles. The first-order valence-electron chi connectivity index (χ1n) is 8.49. The Bertz CT molecular complexity index is 833. The summed E-state index contributed by atoms with van der Waals surface area (Å²) in [6, 6.07) is 1.60. The lowest BCUT2D eigenvalue weighted by Gasteiger charge is -2.27. The molecule has 1 unspecified atom stereocenters. The molecule has 1 aliphatic rings. The first kappa shape index (κ1) is 18.0. The second kappa shape index (κ2) is 7.19. The van der Waals surface area contributed by atoms with Crippen LogP contribution in [-0.2, 0) is 16.8 Å². The van der Waals surface area contributed by atoms with Crippen molar-refractivity contribution in [1.82, 2.24) is 28.4 Å². The fraction of sp³-hybridized carbons (Fsp3) is 0.562. The van der Waals surface area contributed by atoms with Gasteiger partial charge in [-0.1, -0.05) is 6.92 Å².